The predicted molar refractivity (Wildman–Crippen MR) is 71.6 cm³/mol. The van der Waals surface area contributed by atoms with Gasteiger partial charge in [-0.2, -0.15) is 0 Å². The molecular formula is C13H26BrN. The smallest absolute Gasteiger partial charge is 0.00718 e. The standard InChI is InChI=1S/C13H26BrN/c1-3-6-13(9-14)11-15(2)10-12-7-4-5-8-12/h12-13H,3-11H2,1-2H3. The molecule has 0 heterocycles. The highest BCUT2D eigenvalue weighted by Gasteiger charge is 2.18. The van der Waals surface area contributed by atoms with Crippen molar-refractivity contribution in [2.45, 2.75) is 45.4 Å². The third-order valence-corrected chi connectivity index (χ3v) is 4.45. The molecule has 1 unspecified atom stereocenters. The molecule has 0 radical (unpaired) electrons. The van der Waals surface area contributed by atoms with Crippen LogP contribution < -0.4 is 0 Å². The molecule has 1 saturated carbocycles. The molecule has 0 saturated heterocycles. The molecule has 1 aliphatic rings. The zero-order valence-corrected chi connectivity index (χ0v) is 11.9. The molecule has 1 nitrogen and oxygen atoms in total. The Morgan fingerprint density at radius 3 is 2.53 bits per heavy atom. The SMILES string of the molecule is CCCC(CBr)CN(C)CC1CCCC1. The van der Waals surface area contributed by atoms with E-state index in [0.29, 0.717) is 0 Å². The van der Waals surface area contributed by atoms with Gasteiger partial charge in [0.25, 0.3) is 0 Å². The number of rotatable bonds is 7. The summed E-state index contributed by atoms with van der Waals surface area (Å²) in [6.07, 6.45) is 8.55. The highest BCUT2D eigenvalue weighted by Crippen LogP contribution is 2.25. The lowest BCUT2D eigenvalue weighted by Gasteiger charge is -2.25. The fourth-order valence-corrected chi connectivity index (χ4v) is 3.30. The first-order valence-corrected chi connectivity index (χ1v) is 7.62. The van der Waals surface area contributed by atoms with E-state index in [4.69, 9.17) is 0 Å². The van der Waals surface area contributed by atoms with Crippen LogP contribution >= 0.6 is 15.9 Å². The van der Waals surface area contributed by atoms with E-state index in [9.17, 15) is 0 Å². The van der Waals surface area contributed by atoms with E-state index in [1.165, 1.54) is 51.6 Å². The Kier molecular flexibility index (Phi) is 6.91. The van der Waals surface area contributed by atoms with E-state index in [0.717, 1.165) is 17.2 Å². The number of nitrogens with zero attached hydrogens (tertiary/aromatic N) is 1. The third kappa shape index (κ3) is 5.35. The molecule has 1 fully saturated rings. The minimum atomic E-state index is 0.849. The first kappa shape index (κ1) is 13.5. The Bertz CT molecular complexity index is 155. The van der Waals surface area contributed by atoms with Crippen molar-refractivity contribution in [1.29, 1.82) is 0 Å². The highest BCUT2D eigenvalue weighted by molar-refractivity contribution is 9.09. The second-order valence-corrected chi connectivity index (χ2v) is 5.83. The van der Waals surface area contributed by atoms with Gasteiger partial charge in [-0.1, -0.05) is 42.1 Å². The Morgan fingerprint density at radius 2 is 2.00 bits per heavy atom. The number of hydrogen-bond donors (Lipinski definition) is 0. The lowest BCUT2D eigenvalue weighted by molar-refractivity contribution is 0.242. The summed E-state index contributed by atoms with van der Waals surface area (Å²) in [5, 5.41) is 1.16. The summed E-state index contributed by atoms with van der Waals surface area (Å²) >= 11 is 3.63. The van der Waals surface area contributed by atoms with Crippen LogP contribution in [0.3, 0.4) is 0 Å². The topological polar surface area (TPSA) is 3.24 Å². The molecule has 0 N–H and O–H groups in total. The first-order valence-electron chi connectivity index (χ1n) is 6.50. The second kappa shape index (κ2) is 7.67. The van der Waals surface area contributed by atoms with Crippen LogP contribution in [0.25, 0.3) is 0 Å². The number of halogens is 1. The minimum absolute atomic E-state index is 0.849. The zero-order chi connectivity index (χ0) is 11.1. The van der Waals surface area contributed by atoms with E-state index in [1.807, 2.05) is 0 Å². The first-order chi connectivity index (χ1) is 7.26. The van der Waals surface area contributed by atoms with Crippen LogP contribution in [0.5, 0.6) is 0 Å². The Labute approximate surface area is 104 Å². The summed E-state index contributed by atoms with van der Waals surface area (Å²) in [6, 6.07) is 0. The maximum absolute atomic E-state index is 3.63. The van der Waals surface area contributed by atoms with E-state index >= 15 is 0 Å². The van der Waals surface area contributed by atoms with Crippen LogP contribution in [0.1, 0.15) is 45.4 Å². The molecule has 0 aliphatic heterocycles. The second-order valence-electron chi connectivity index (χ2n) is 5.18. The highest BCUT2D eigenvalue weighted by atomic mass is 79.9. The molecule has 90 valence electrons. The van der Waals surface area contributed by atoms with Gasteiger partial charge in [-0.25, -0.2) is 0 Å². The fourth-order valence-electron chi connectivity index (χ4n) is 2.77. The van der Waals surface area contributed by atoms with Gasteiger partial charge in [-0.05, 0) is 38.1 Å². The average Bonchev–Trinajstić information content (AvgIpc) is 2.69. The van der Waals surface area contributed by atoms with Crippen molar-refractivity contribution in [3.05, 3.63) is 0 Å². The third-order valence-electron chi connectivity index (χ3n) is 3.53. The molecule has 1 rings (SSSR count). The normalized spacial score (nSPS) is 20.0. The van der Waals surface area contributed by atoms with Gasteiger partial charge in [0.2, 0.25) is 0 Å². The van der Waals surface area contributed by atoms with Crippen molar-refractivity contribution in [3.63, 3.8) is 0 Å². The summed E-state index contributed by atoms with van der Waals surface area (Å²) in [4.78, 5) is 2.55. The summed E-state index contributed by atoms with van der Waals surface area (Å²) < 4.78 is 0. The Morgan fingerprint density at radius 1 is 1.33 bits per heavy atom. The number of hydrogen-bond acceptors (Lipinski definition) is 1. The van der Waals surface area contributed by atoms with E-state index < -0.39 is 0 Å². The van der Waals surface area contributed by atoms with E-state index in [-0.39, 0.29) is 0 Å². The molecule has 0 bridgehead atoms. The van der Waals surface area contributed by atoms with E-state index in [1.54, 1.807) is 0 Å². The minimum Gasteiger partial charge on any atom is -0.306 e. The molecule has 1 atom stereocenters. The Hall–Kier alpha value is 0.440. The maximum Gasteiger partial charge on any atom is 0.00718 e. The molecule has 0 aromatic rings. The molecule has 0 aromatic heterocycles. The summed E-state index contributed by atoms with van der Waals surface area (Å²) in [5.74, 6) is 1.84. The van der Waals surface area contributed by atoms with Crippen LogP contribution in [0.15, 0.2) is 0 Å². The van der Waals surface area contributed by atoms with Crippen molar-refractivity contribution in [2.75, 3.05) is 25.5 Å². The van der Waals surface area contributed by atoms with Crippen LogP contribution in [-0.2, 0) is 0 Å². The fraction of sp³-hybridized carbons (Fsp3) is 1.00. The van der Waals surface area contributed by atoms with Crippen LogP contribution in [0, 0.1) is 11.8 Å². The summed E-state index contributed by atoms with van der Waals surface area (Å²) in [7, 11) is 2.30. The molecule has 0 spiro atoms. The average molecular weight is 276 g/mol. The largest absolute Gasteiger partial charge is 0.306 e. The summed E-state index contributed by atoms with van der Waals surface area (Å²) in [5.41, 5.74) is 0. The van der Waals surface area contributed by atoms with Gasteiger partial charge >= 0.3 is 0 Å². The Balaban J connectivity index is 2.17. The van der Waals surface area contributed by atoms with Gasteiger partial charge in [0.15, 0.2) is 0 Å². The zero-order valence-electron chi connectivity index (χ0n) is 10.3. The van der Waals surface area contributed by atoms with Gasteiger partial charge in [0.05, 0.1) is 0 Å². The van der Waals surface area contributed by atoms with E-state index in [2.05, 4.69) is 34.8 Å². The van der Waals surface area contributed by atoms with Crippen molar-refractivity contribution in [2.24, 2.45) is 11.8 Å². The molecular weight excluding hydrogens is 250 g/mol. The van der Waals surface area contributed by atoms with Crippen LogP contribution in [0.4, 0.5) is 0 Å². The molecule has 1 aliphatic carbocycles. The summed E-state index contributed by atoms with van der Waals surface area (Å²) in [6.45, 7) is 4.88. The van der Waals surface area contributed by atoms with Gasteiger partial charge in [0.1, 0.15) is 0 Å². The van der Waals surface area contributed by atoms with Gasteiger partial charge in [0, 0.05) is 18.4 Å². The van der Waals surface area contributed by atoms with Crippen LogP contribution in [-0.4, -0.2) is 30.4 Å². The predicted octanol–water partition coefficient (Wildman–Crippen LogP) is 3.92. The molecule has 2 heteroatoms. The van der Waals surface area contributed by atoms with Crippen molar-refractivity contribution in [3.8, 4) is 0 Å². The van der Waals surface area contributed by atoms with Crippen LogP contribution in [0.2, 0.25) is 0 Å². The molecule has 0 aromatic carbocycles. The molecule has 15 heavy (non-hydrogen) atoms. The van der Waals surface area contributed by atoms with Crippen molar-refractivity contribution >= 4 is 15.9 Å². The van der Waals surface area contributed by atoms with Gasteiger partial charge < -0.3 is 4.90 Å². The molecule has 0 amide bonds. The van der Waals surface area contributed by atoms with Crippen molar-refractivity contribution in [1.82, 2.24) is 4.90 Å². The van der Waals surface area contributed by atoms with Gasteiger partial charge in [-0.3, -0.25) is 0 Å². The number of alkyl halides is 1. The monoisotopic (exact) mass is 275 g/mol. The maximum atomic E-state index is 3.63. The quantitative estimate of drug-likeness (QED) is 0.637. The van der Waals surface area contributed by atoms with Crippen molar-refractivity contribution < 1.29 is 0 Å². The lowest BCUT2D eigenvalue weighted by atomic mass is 10.0. The lowest BCUT2D eigenvalue weighted by Crippen LogP contribution is -2.30. The van der Waals surface area contributed by atoms with Gasteiger partial charge in [-0.15, -0.1) is 0 Å².